The first-order valence-electron chi connectivity index (χ1n) is 4.53. The van der Waals surface area contributed by atoms with Crippen LogP contribution in [0.2, 0.25) is 0 Å². The molecular weight excluding hydrogens is 186 g/mol. The van der Waals surface area contributed by atoms with Gasteiger partial charge in [0, 0.05) is 0 Å². The normalized spacial score (nSPS) is 10.4. The third-order valence-electron chi connectivity index (χ3n) is 1.73. The van der Waals surface area contributed by atoms with E-state index in [0.717, 1.165) is 5.56 Å². The highest BCUT2D eigenvalue weighted by molar-refractivity contribution is 5.56. The lowest BCUT2D eigenvalue weighted by Crippen LogP contribution is -1.96. The van der Waals surface area contributed by atoms with Gasteiger partial charge in [0.2, 0.25) is 0 Å². The molecule has 0 saturated heterocycles. The second-order valence-electron chi connectivity index (χ2n) is 2.89. The van der Waals surface area contributed by atoms with E-state index in [9.17, 15) is 0 Å². The molecule has 74 valence electrons. The number of terminal acetylenes is 1. The molecule has 1 aromatic rings. The summed E-state index contributed by atoms with van der Waals surface area (Å²) in [4.78, 5) is 0. The molecule has 0 heterocycles. The molecule has 2 nitrogen and oxygen atoms in total. The van der Waals surface area contributed by atoms with E-state index in [2.05, 4.69) is 12.0 Å². The van der Waals surface area contributed by atoms with Crippen molar-refractivity contribution in [3.63, 3.8) is 0 Å². The van der Waals surface area contributed by atoms with Crippen molar-refractivity contribution >= 4 is 6.08 Å². The summed E-state index contributed by atoms with van der Waals surface area (Å²) in [6.07, 6.45) is 6.82. The Balaban J connectivity index is 2.64. The summed E-state index contributed by atoms with van der Waals surface area (Å²) in [7, 11) is 0. The maximum Gasteiger partial charge on any atom is 0.107 e. The fourth-order valence-corrected chi connectivity index (χ4v) is 1.08. The van der Waals surface area contributed by atoms with E-state index < -0.39 is 0 Å². The molecule has 2 heteroatoms. The van der Waals surface area contributed by atoms with Crippen molar-refractivity contribution in [3.05, 3.63) is 41.5 Å². The average molecular weight is 197 g/mol. The SMILES string of the molecule is C#CCOC/C(C#N)=C\c1ccccc1. The first-order valence-corrected chi connectivity index (χ1v) is 4.53. The number of hydrogen-bond acceptors (Lipinski definition) is 2. The molecule has 0 amide bonds. The average Bonchev–Trinajstić information content (AvgIpc) is 2.29. The molecule has 0 atom stereocenters. The van der Waals surface area contributed by atoms with Crippen LogP contribution in [0.25, 0.3) is 6.08 Å². The molecule has 0 N–H and O–H groups in total. The van der Waals surface area contributed by atoms with Crippen LogP contribution in [0.15, 0.2) is 35.9 Å². The molecule has 15 heavy (non-hydrogen) atoms. The number of hydrogen-bond donors (Lipinski definition) is 0. The number of nitrogens with zero attached hydrogens (tertiary/aromatic N) is 1. The van der Waals surface area contributed by atoms with Crippen LogP contribution in [0.3, 0.4) is 0 Å². The Kier molecular flexibility index (Phi) is 4.73. The lowest BCUT2D eigenvalue weighted by molar-refractivity contribution is 0.195. The fraction of sp³-hybridized carbons (Fsp3) is 0.154. The van der Waals surface area contributed by atoms with Crippen molar-refractivity contribution in [2.24, 2.45) is 0 Å². The molecule has 1 aromatic carbocycles. The molecule has 0 unspecified atom stereocenters. The maximum absolute atomic E-state index is 8.84. The van der Waals surface area contributed by atoms with Gasteiger partial charge in [-0.15, -0.1) is 6.42 Å². The smallest absolute Gasteiger partial charge is 0.107 e. The Hall–Kier alpha value is -2.03. The zero-order chi connectivity index (χ0) is 10.9. The van der Waals surface area contributed by atoms with Gasteiger partial charge in [0.1, 0.15) is 6.61 Å². The number of benzene rings is 1. The first kappa shape index (κ1) is 11.0. The number of nitriles is 1. The van der Waals surface area contributed by atoms with E-state index in [4.69, 9.17) is 16.4 Å². The van der Waals surface area contributed by atoms with Gasteiger partial charge in [-0.1, -0.05) is 36.3 Å². The quantitative estimate of drug-likeness (QED) is 0.421. The molecule has 0 aliphatic heterocycles. The van der Waals surface area contributed by atoms with Gasteiger partial charge in [0.15, 0.2) is 0 Å². The second kappa shape index (κ2) is 6.43. The highest BCUT2D eigenvalue weighted by atomic mass is 16.5. The molecule has 0 bridgehead atoms. The highest BCUT2D eigenvalue weighted by Gasteiger charge is 1.95. The Labute approximate surface area is 89.8 Å². The molecule has 0 radical (unpaired) electrons. The first-order chi connectivity index (χ1) is 7.36. The molecule has 0 spiro atoms. The molecule has 0 saturated carbocycles. The third-order valence-corrected chi connectivity index (χ3v) is 1.73. The van der Waals surface area contributed by atoms with Crippen LogP contribution in [0, 0.1) is 23.7 Å². The van der Waals surface area contributed by atoms with Crippen LogP contribution in [-0.2, 0) is 4.74 Å². The van der Waals surface area contributed by atoms with Crippen molar-refractivity contribution in [1.29, 1.82) is 5.26 Å². The predicted octanol–water partition coefficient (Wildman–Crippen LogP) is 2.24. The van der Waals surface area contributed by atoms with Gasteiger partial charge in [-0.3, -0.25) is 0 Å². The molecular formula is C13H11NO. The minimum Gasteiger partial charge on any atom is -0.363 e. The van der Waals surface area contributed by atoms with Crippen LogP contribution >= 0.6 is 0 Å². The van der Waals surface area contributed by atoms with Crippen LogP contribution in [0.1, 0.15) is 5.56 Å². The van der Waals surface area contributed by atoms with Gasteiger partial charge in [0.25, 0.3) is 0 Å². The second-order valence-corrected chi connectivity index (χ2v) is 2.89. The Bertz CT molecular complexity index is 406. The standard InChI is InChI=1S/C13H11NO/c1-2-8-15-11-13(10-14)9-12-6-4-3-5-7-12/h1,3-7,9H,8,11H2/b13-9-. The van der Waals surface area contributed by atoms with E-state index in [1.165, 1.54) is 0 Å². The summed E-state index contributed by atoms with van der Waals surface area (Å²) >= 11 is 0. The van der Waals surface area contributed by atoms with Gasteiger partial charge in [-0.2, -0.15) is 5.26 Å². The van der Waals surface area contributed by atoms with Crippen LogP contribution in [0.4, 0.5) is 0 Å². The van der Waals surface area contributed by atoms with Crippen molar-refractivity contribution < 1.29 is 4.74 Å². The molecule has 0 aliphatic rings. The van der Waals surface area contributed by atoms with Gasteiger partial charge >= 0.3 is 0 Å². The lowest BCUT2D eigenvalue weighted by atomic mass is 10.1. The summed E-state index contributed by atoms with van der Waals surface area (Å²) in [5.74, 6) is 2.35. The minimum atomic E-state index is 0.230. The van der Waals surface area contributed by atoms with Crippen LogP contribution in [-0.4, -0.2) is 13.2 Å². The lowest BCUT2D eigenvalue weighted by Gasteiger charge is -1.98. The van der Waals surface area contributed by atoms with Crippen molar-refractivity contribution in [1.82, 2.24) is 0 Å². The van der Waals surface area contributed by atoms with E-state index in [0.29, 0.717) is 5.57 Å². The van der Waals surface area contributed by atoms with Crippen LogP contribution < -0.4 is 0 Å². The van der Waals surface area contributed by atoms with Crippen molar-refractivity contribution in [2.75, 3.05) is 13.2 Å². The van der Waals surface area contributed by atoms with Gasteiger partial charge in [0.05, 0.1) is 18.2 Å². The summed E-state index contributed by atoms with van der Waals surface area (Å²) in [6.45, 7) is 0.489. The summed E-state index contributed by atoms with van der Waals surface area (Å²) in [6, 6.07) is 11.7. The maximum atomic E-state index is 8.84. The molecule has 0 aromatic heterocycles. The molecule has 1 rings (SSSR count). The fourth-order valence-electron chi connectivity index (χ4n) is 1.08. The Morgan fingerprint density at radius 3 is 2.73 bits per heavy atom. The topological polar surface area (TPSA) is 33.0 Å². The largest absolute Gasteiger partial charge is 0.363 e. The molecule has 0 aliphatic carbocycles. The summed E-state index contributed by atoms with van der Waals surface area (Å²) < 4.78 is 5.08. The van der Waals surface area contributed by atoms with E-state index >= 15 is 0 Å². The third kappa shape index (κ3) is 4.13. The summed E-state index contributed by atoms with van der Waals surface area (Å²) in [5.41, 5.74) is 1.55. The van der Waals surface area contributed by atoms with Gasteiger partial charge in [-0.25, -0.2) is 0 Å². The summed E-state index contributed by atoms with van der Waals surface area (Å²) in [5, 5.41) is 8.84. The Morgan fingerprint density at radius 2 is 2.13 bits per heavy atom. The van der Waals surface area contributed by atoms with E-state index in [1.807, 2.05) is 30.3 Å². The zero-order valence-corrected chi connectivity index (χ0v) is 8.31. The number of ether oxygens (including phenoxy) is 1. The van der Waals surface area contributed by atoms with Gasteiger partial charge < -0.3 is 4.74 Å². The monoisotopic (exact) mass is 197 g/mol. The van der Waals surface area contributed by atoms with Gasteiger partial charge in [-0.05, 0) is 11.6 Å². The minimum absolute atomic E-state index is 0.230. The van der Waals surface area contributed by atoms with Crippen molar-refractivity contribution in [2.45, 2.75) is 0 Å². The Morgan fingerprint density at radius 1 is 1.40 bits per heavy atom. The van der Waals surface area contributed by atoms with Crippen LogP contribution in [0.5, 0.6) is 0 Å². The van der Waals surface area contributed by atoms with E-state index in [-0.39, 0.29) is 13.2 Å². The zero-order valence-electron chi connectivity index (χ0n) is 8.31. The van der Waals surface area contributed by atoms with E-state index in [1.54, 1.807) is 6.08 Å². The number of rotatable bonds is 4. The predicted molar refractivity (Wildman–Crippen MR) is 59.7 cm³/mol. The molecule has 0 fully saturated rings. The van der Waals surface area contributed by atoms with Crippen molar-refractivity contribution in [3.8, 4) is 18.4 Å². The highest BCUT2D eigenvalue weighted by Crippen LogP contribution is 2.06.